The van der Waals surface area contributed by atoms with E-state index in [9.17, 15) is 19.2 Å². The summed E-state index contributed by atoms with van der Waals surface area (Å²) >= 11 is 6.20. The first-order valence-electron chi connectivity index (χ1n) is 11.9. The fourth-order valence-corrected chi connectivity index (χ4v) is 4.43. The van der Waals surface area contributed by atoms with Crippen LogP contribution in [0, 0.1) is 13.8 Å². The number of fused-ring (bicyclic) bond motifs is 2. The van der Waals surface area contributed by atoms with Crippen LogP contribution in [0.5, 0.6) is 17.2 Å². The summed E-state index contributed by atoms with van der Waals surface area (Å²) in [5, 5.41) is 0.892. The van der Waals surface area contributed by atoms with Gasteiger partial charge in [-0.25, -0.2) is 0 Å². The topological polar surface area (TPSA) is 103 Å². The summed E-state index contributed by atoms with van der Waals surface area (Å²) in [6, 6.07) is 14.5. The minimum Gasteiger partial charge on any atom is -0.460 e. The van der Waals surface area contributed by atoms with Crippen molar-refractivity contribution < 1.29 is 28.3 Å². The highest BCUT2D eigenvalue weighted by molar-refractivity contribution is 6.32. The molecule has 0 saturated carbocycles. The maximum atomic E-state index is 12.9. The molecule has 1 aliphatic rings. The van der Waals surface area contributed by atoms with Crippen LogP contribution >= 0.6 is 11.6 Å². The molecule has 38 heavy (non-hydrogen) atoms. The normalized spacial score (nSPS) is 12.7. The molecular weight excluding hydrogens is 510 g/mol. The van der Waals surface area contributed by atoms with E-state index in [4.69, 9.17) is 25.5 Å². The zero-order valence-corrected chi connectivity index (χ0v) is 21.3. The van der Waals surface area contributed by atoms with Crippen molar-refractivity contribution >= 4 is 40.4 Å². The van der Waals surface area contributed by atoms with E-state index in [1.54, 1.807) is 36.4 Å². The number of carbonyl (C=O) groups is 3. The number of carbonyl (C=O) groups excluding carboxylic acids is 3. The van der Waals surface area contributed by atoms with Gasteiger partial charge in [0.2, 0.25) is 11.2 Å². The van der Waals surface area contributed by atoms with Crippen molar-refractivity contribution in [3.05, 3.63) is 98.4 Å². The van der Waals surface area contributed by atoms with E-state index in [-0.39, 0.29) is 59.1 Å². The molecule has 9 heteroatoms. The fraction of sp³-hybridized carbons (Fsp3) is 0.172. The summed E-state index contributed by atoms with van der Waals surface area (Å²) in [5.74, 6) is -0.610. The molecule has 0 saturated heterocycles. The SMILES string of the molecule is Cc1cc(Oc2coc3cc(OC(=O)CCCN4C(=O)c5ccccc5C4=O)ccc3c2=O)cc(C)c1Cl. The van der Waals surface area contributed by atoms with Crippen molar-refractivity contribution in [3.63, 3.8) is 0 Å². The Kier molecular flexibility index (Phi) is 6.73. The zero-order chi connectivity index (χ0) is 27.0. The highest BCUT2D eigenvalue weighted by Crippen LogP contribution is 2.29. The molecule has 0 unspecified atom stereocenters. The lowest BCUT2D eigenvalue weighted by Crippen LogP contribution is -2.31. The van der Waals surface area contributed by atoms with Gasteiger partial charge in [0.15, 0.2) is 0 Å². The Morgan fingerprint density at radius 2 is 1.58 bits per heavy atom. The lowest BCUT2D eigenvalue weighted by Gasteiger charge is -2.13. The van der Waals surface area contributed by atoms with Crippen LogP contribution in [-0.4, -0.2) is 29.2 Å². The summed E-state index contributed by atoms with van der Waals surface area (Å²) < 4.78 is 16.7. The number of esters is 1. The first-order valence-corrected chi connectivity index (χ1v) is 12.3. The molecule has 0 atom stereocenters. The van der Waals surface area contributed by atoms with Gasteiger partial charge in [-0.2, -0.15) is 0 Å². The van der Waals surface area contributed by atoms with Crippen molar-refractivity contribution in [2.24, 2.45) is 0 Å². The van der Waals surface area contributed by atoms with E-state index in [2.05, 4.69) is 0 Å². The molecule has 192 valence electrons. The summed E-state index contributed by atoms with van der Waals surface area (Å²) in [6.07, 6.45) is 1.44. The number of nitrogens with zero attached hydrogens (tertiary/aromatic N) is 1. The third kappa shape index (κ3) is 4.78. The van der Waals surface area contributed by atoms with Crippen LogP contribution in [0.1, 0.15) is 44.7 Å². The molecule has 0 aliphatic carbocycles. The summed E-state index contributed by atoms with van der Waals surface area (Å²) in [4.78, 5) is 51.3. The molecule has 0 radical (unpaired) electrons. The highest BCUT2D eigenvalue weighted by atomic mass is 35.5. The maximum Gasteiger partial charge on any atom is 0.311 e. The van der Waals surface area contributed by atoms with Gasteiger partial charge in [0.1, 0.15) is 23.3 Å². The Morgan fingerprint density at radius 1 is 0.921 bits per heavy atom. The summed E-state index contributed by atoms with van der Waals surface area (Å²) in [5.41, 5.74) is 2.22. The second-order valence-electron chi connectivity index (χ2n) is 8.95. The molecule has 4 aromatic rings. The van der Waals surface area contributed by atoms with E-state index in [0.717, 1.165) is 16.0 Å². The van der Waals surface area contributed by atoms with Gasteiger partial charge in [0.25, 0.3) is 11.8 Å². The van der Waals surface area contributed by atoms with Crippen molar-refractivity contribution in [3.8, 4) is 17.2 Å². The first-order chi connectivity index (χ1) is 18.2. The number of hydrogen-bond acceptors (Lipinski definition) is 7. The number of imide groups is 1. The lowest BCUT2D eigenvalue weighted by atomic mass is 10.1. The average Bonchev–Trinajstić information content (AvgIpc) is 3.14. The van der Waals surface area contributed by atoms with Gasteiger partial charge in [0, 0.05) is 24.1 Å². The Hall–Kier alpha value is -4.43. The van der Waals surface area contributed by atoms with Crippen LogP contribution < -0.4 is 14.9 Å². The van der Waals surface area contributed by atoms with Gasteiger partial charge in [0.05, 0.1) is 16.5 Å². The van der Waals surface area contributed by atoms with Gasteiger partial charge in [-0.1, -0.05) is 23.7 Å². The van der Waals surface area contributed by atoms with Crippen molar-refractivity contribution in [2.45, 2.75) is 26.7 Å². The number of aryl methyl sites for hydroxylation is 2. The van der Waals surface area contributed by atoms with Gasteiger partial charge in [-0.05, 0) is 67.8 Å². The second kappa shape index (κ2) is 10.1. The molecule has 0 N–H and O–H groups in total. The molecule has 3 aromatic carbocycles. The quantitative estimate of drug-likeness (QED) is 0.168. The van der Waals surface area contributed by atoms with Crippen LogP contribution in [0.2, 0.25) is 5.02 Å². The molecule has 2 amide bonds. The third-order valence-corrected chi connectivity index (χ3v) is 6.82. The number of hydrogen-bond donors (Lipinski definition) is 0. The molecule has 0 bridgehead atoms. The molecular formula is C29H22ClNO7. The number of halogens is 1. The Morgan fingerprint density at radius 3 is 2.24 bits per heavy atom. The van der Waals surface area contributed by atoms with Gasteiger partial charge < -0.3 is 13.9 Å². The monoisotopic (exact) mass is 531 g/mol. The lowest BCUT2D eigenvalue weighted by molar-refractivity contribution is -0.134. The molecule has 0 fully saturated rings. The zero-order valence-electron chi connectivity index (χ0n) is 20.6. The van der Waals surface area contributed by atoms with E-state index < -0.39 is 5.97 Å². The van der Waals surface area contributed by atoms with Gasteiger partial charge >= 0.3 is 5.97 Å². The van der Waals surface area contributed by atoms with Gasteiger partial charge in [-0.3, -0.25) is 24.1 Å². The standard InChI is InChI=1S/C29H22ClNO7/c1-16-12-19(13-17(2)26(16)30)37-24-15-36-23-14-18(9-10-22(23)27(24)33)38-25(32)8-5-11-31-28(34)20-6-3-4-7-21(20)29(31)35/h3-4,6-7,9-10,12-15H,5,8,11H2,1-2H3. The molecule has 0 spiro atoms. The van der Waals surface area contributed by atoms with Crippen LogP contribution in [-0.2, 0) is 4.79 Å². The third-order valence-electron chi connectivity index (χ3n) is 6.22. The predicted molar refractivity (Wildman–Crippen MR) is 140 cm³/mol. The maximum absolute atomic E-state index is 12.9. The molecule has 8 nitrogen and oxygen atoms in total. The fourth-order valence-electron chi connectivity index (χ4n) is 4.32. The number of benzene rings is 3. The molecule has 1 aromatic heterocycles. The van der Waals surface area contributed by atoms with E-state index in [1.807, 2.05) is 13.8 Å². The van der Waals surface area contributed by atoms with Crippen molar-refractivity contribution in [2.75, 3.05) is 6.54 Å². The largest absolute Gasteiger partial charge is 0.460 e. The van der Waals surface area contributed by atoms with Crippen LogP contribution in [0.15, 0.2) is 70.1 Å². The Bertz CT molecular complexity index is 1620. The number of ether oxygens (including phenoxy) is 2. The smallest absolute Gasteiger partial charge is 0.311 e. The summed E-state index contributed by atoms with van der Waals surface area (Å²) in [7, 11) is 0. The second-order valence-corrected chi connectivity index (χ2v) is 9.32. The first kappa shape index (κ1) is 25.2. The Balaban J connectivity index is 1.22. The Labute approximate surface area is 222 Å². The van der Waals surface area contributed by atoms with Crippen molar-refractivity contribution in [1.82, 2.24) is 4.90 Å². The molecule has 5 rings (SSSR count). The molecule has 1 aliphatic heterocycles. The van der Waals surface area contributed by atoms with Gasteiger partial charge in [-0.15, -0.1) is 0 Å². The van der Waals surface area contributed by atoms with E-state index in [0.29, 0.717) is 21.9 Å². The van der Waals surface area contributed by atoms with E-state index >= 15 is 0 Å². The minimum absolute atomic E-state index is 0.0107. The molecule has 2 heterocycles. The van der Waals surface area contributed by atoms with Crippen LogP contribution in [0.3, 0.4) is 0 Å². The van der Waals surface area contributed by atoms with Crippen LogP contribution in [0.4, 0.5) is 0 Å². The predicted octanol–water partition coefficient (Wildman–Crippen LogP) is 5.84. The minimum atomic E-state index is -0.545. The average molecular weight is 532 g/mol. The number of amides is 2. The highest BCUT2D eigenvalue weighted by Gasteiger charge is 2.34. The van der Waals surface area contributed by atoms with Crippen LogP contribution in [0.25, 0.3) is 11.0 Å². The summed E-state index contributed by atoms with van der Waals surface area (Å²) in [6.45, 7) is 3.79. The van der Waals surface area contributed by atoms with Crippen molar-refractivity contribution in [1.29, 1.82) is 0 Å². The number of rotatable bonds is 7. The van der Waals surface area contributed by atoms with E-state index in [1.165, 1.54) is 24.5 Å².